The Hall–Kier alpha value is -0.170. The molecule has 0 amide bonds. The summed E-state index contributed by atoms with van der Waals surface area (Å²) >= 11 is 0. The maximum atomic E-state index is 12.3. The number of hydrogen-bond acceptors (Lipinski definition) is 4. The lowest BCUT2D eigenvalue weighted by atomic mass is 10.0. The van der Waals surface area contributed by atoms with Crippen LogP contribution in [-0.4, -0.2) is 57.9 Å². The fourth-order valence-corrected chi connectivity index (χ4v) is 4.21. The van der Waals surface area contributed by atoms with E-state index in [0.29, 0.717) is 19.0 Å². The van der Waals surface area contributed by atoms with Gasteiger partial charge in [0.1, 0.15) is 0 Å². The van der Waals surface area contributed by atoms with Crippen LogP contribution in [0.4, 0.5) is 0 Å². The van der Waals surface area contributed by atoms with Gasteiger partial charge in [-0.25, -0.2) is 12.7 Å². The Balaban J connectivity index is 1.91. The second-order valence-electron chi connectivity index (χ2n) is 5.00. The van der Waals surface area contributed by atoms with E-state index >= 15 is 0 Å². The van der Waals surface area contributed by atoms with Gasteiger partial charge in [0.15, 0.2) is 0 Å². The van der Waals surface area contributed by atoms with Gasteiger partial charge in [0.25, 0.3) is 0 Å². The first-order chi connectivity index (χ1) is 8.10. The summed E-state index contributed by atoms with van der Waals surface area (Å²) in [6.07, 6.45) is 2.69. The summed E-state index contributed by atoms with van der Waals surface area (Å²) in [5.74, 6) is 0.456. The molecule has 6 heteroatoms. The van der Waals surface area contributed by atoms with Gasteiger partial charge in [0.05, 0.1) is 5.25 Å². The van der Waals surface area contributed by atoms with Crippen molar-refractivity contribution in [2.24, 2.45) is 5.92 Å². The number of hydrogen-bond donors (Lipinski definition) is 1. The molecule has 17 heavy (non-hydrogen) atoms. The number of rotatable bonds is 4. The van der Waals surface area contributed by atoms with E-state index in [1.807, 2.05) is 0 Å². The molecule has 2 fully saturated rings. The molecule has 1 atom stereocenters. The van der Waals surface area contributed by atoms with E-state index < -0.39 is 10.0 Å². The standard InChI is InChI=1S/C11H22N2O3S/c1-13(9-10-3-6-16-7-4-10)17(14,15)11-2-5-12-8-11/h10-12H,2-9H2,1H3. The maximum absolute atomic E-state index is 12.3. The fraction of sp³-hybridized carbons (Fsp3) is 1.00. The van der Waals surface area contributed by atoms with Crippen molar-refractivity contribution in [3.63, 3.8) is 0 Å². The zero-order chi connectivity index (χ0) is 12.3. The monoisotopic (exact) mass is 262 g/mol. The molecular weight excluding hydrogens is 240 g/mol. The minimum atomic E-state index is -3.11. The zero-order valence-electron chi connectivity index (χ0n) is 10.4. The Morgan fingerprint density at radius 3 is 2.59 bits per heavy atom. The predicted molar refractivity (Wildman–Crippen MR) is 66.4 cm³/mol. The van der Waals surface area contributed by atoms with Crippen LogP contribution in [0.15, 0.2) is 0 Å². The topological polar surface area (TPSA) is 58.6 Å². The van der Waals surface area contributed by atoms with E-state index in [9.17, 15) is 8.42 Å². The summed E-state index contributed by atoms with van der Waals surface area (Å²) in [6, 6.07) is 0. The van der Waals surface area contributed by atoms with E-state index in [1.54, 1.807) is 11.4 Å². The number of nitrogens with one attached hydrogen (secondary N) is 1. The van der Waals surface area contributed by atoms with Crippen LogP contribution in [-0.2, 0) is 14.8 Å². The van der Waals surface area contributed by atoms with Crippen molar-refractivity contribution >= 4 is 10.0 Å². The second-order valence-corrected chi connectivity index (χ2v) is 7.32. The van der Waals surface area contributed by atoms with E-state index in [-0.39, 0.29) is 5.25 Å². The summed E-state index contributed by atoms with van der Waals surface area (Å²) in [4.78, 5) is 0. The molecule has 100 valence electrons. The summed E-state index contributed by atoms with van der Waals surface area (Å²) in [7, 11) is -1.40. The Labute approximate surface area is 104 Å². The van der Waals surface area contributed by atoms with Gasteiger partial charge in [-0.05, 0) is 31.7 Å². The number of ether oxygens (including phenoxy) is 1. The quantitative estimate of drug-likeness (QED) is 0.777. The molecule has 2 rings (SSSR count). The summed E-state index contributed by atoms with van der Waals surface area (Å²) < 4.78 is 31.4. The van der Waals surface area contributed by atoms with Crippen LogP contribution in [0.1, 0.15) is 19.3 Å². The molecule has 0 aromatic heterocycles. The summed E-state index contributed by atoms with van der Waals surface area (Å²) in [5, 5.41) is 2.88. The molecule has 0 aromatic rings. The highest BCUT2D eigenvalue weighted by atomic mass is 32.2. The lowest BCUT2D eigenvalue weighted by Gasteiger charge is -2.28. The van der Waals surface area contributed by atoms with Crippen LogP contribution in [0, 0.1) is 5.92 Å². The third kappa shape index (κ3) is 3.19. The van der Waals surface area contributed by atoms with Crippen molar-refractivity contribution in [2.45, 2.75) is 24.5 Å². The summed E-state index contributed by atoms with van der Waals surface area (Å²) in [6.45, 7) is 3.59. The van der Waals surface area contributed by atoms with Crippen molar-refractivity contribution in [1.29, 1.82) is 0 Å². The molecule has 2 saturated heterocycles. The Morgan fingerprint density at radius 2 is 2.00 bits per heavy atom. The lowest BCUT2D eigenvalue weighted by Crippen LogP contribution is -2.40. The van der Waals surface area contributed by atoms with Crippen molar-refractivity contribution in [3.05, 3.63) is 0 Å². The first-order valence-corrected chi connectivity index (χ1v) is 7.84. The molecule has 5 nitrogen and oxygen atoms in total. The van der Waals surface area contributed by atoms with Crippen molar-refractivity contribution < 1.29 is 13.2 Å². The van der Waals surface area contributed by atoms with E-state index in [4.69, 9.17) is 4.74 Å². The maximum Gasteiger partial charge on any atom is 0.218 e. The minimum Gasteiger partial charge on any atom is -0.381 e. The average molecular weight is 262 g/mol. The largest absolute Gasteiger partial charge is 0.381 e. The highest BCUT2D eigenvalue weighted by molar-refractivity contribution is 7.89. The number of nitrogens with zero attached hydrogens (tertiary/aromatic N) is 1. The fourth-order valence-electron chi connectivity index (χ4n) is 2.53. The molecule has 1 unspecified atom stereocenters. The first-order valence-electron chi connectivity index (χ1n) is 6.34. The predicted octanol–water partition coefficient (Wildman–Crippen LogP) is 0.0365. The van der Waals surface area contributed by atoms with Gasteiger partial charge in [-0.1, -0.05) is 0 Å². The molecule has 0 saturated carbocycles. The SMILES string of the molecule is CN(CC1CCOCC1)S(=O)(=O)C1CCNC1. The molecule has 0 spiro atoms. The normalized spacial score (nSPS) is 27.8. The molecule has 2 heterocycles. The van der Waals surface area contributed by atoms with E-state index in [2.05, 4.69) is 5.32 Å². The molecule has 2 aliphatic heterocycles. The molecule has 0 aromatic carbocycles. The third-order valence-corrected chi connectivity index (χ3v) is 5.99. The molecule has 2 aliphatic rings. The van der Waals surface area contributed by atoms with Crippen LogP contribution >= 0.6 is 0 Å². The Bertz CT molecular complexity index is 333. The molecule has 0 bridgehead atoms. The molecular formula is C11H22N2O3S. The molecule has 1 N–H and O–H groups in total. The molecule has 0 aliphatic carbocycles. The van der Waals surface area contributed by atoms with E-state index in [0.717, 1.165) is 39.0 Å². The highest BCUT2D eigenvalue weighted by Gasteiger charge is 2.33. The van der Waals surface area contributed by atoms with Gasteiger partial charge in [-0.2, -0.15) is 0 Å². The lowest BCUT2D eigenvalue weighted by molar-refractivity contribution is 0.0619. The Kier molecular flexibility index (Phi) is 4.41. The van der Waals surface area contributed by atoms with Gasteiger partial charge >= 0.3 is 0 Å². The zero-order valence-corrected chi connectivity index (χ0v) is 11.2. The van der Waals surface area contributed by atoms with Gasteiger partial charge < -0.3 is 10.1 Å². The average Bonchev–Trinajstić information content (AvgIpc) is 2.84. The van der Waals surface area contributed by atoms with E-state index in [1.165, 1.54) is 0 Å². The van der Waals surface area contributed by atoms with Gasteiger partial charge in [-0.15, -0.1) is 0 Å². The highest BCUT2D eigenvalue weighted by Crippen LogP contribution is 2.20. The van der Waals surface area contributed by atoms with Crippen LogP contribution in [0.2, 0.25) is 0 Å². The van der Waals surface area contributed by atoms with Crippen LogP contribution in [0.3, 0.4) is 0 Å². The molecule has 0 radical (unpaired) electrons. The van der Waals surface area contributed by atoms with Crippen LogP contribution in [0.25, 0.3) is 0 Å². The number of sulfonamides is 1. The first kappa shape index (κ1) is 13.3. The van der Waals surface area contributed by atoms with Crippen molar-refractivity contribution in [1.82, 2.24) is 9.62 Å². The van der Waals surface area contributed by atoms with Gasteiger partial charge in [0, 0.05) is 33.4 Å². The van der Waals surface area contributed by atoms with Gasteiger partial charge in [0.2, 0.25) is 10.0 Å². The van der Waals surface area contributed by atoms with Crippen LogP contribution in [0.5, 0.6) is 0 Å². The smallest absolute Gasteiger partial charge is 0.218 e. The van der Waals surface area contributed by atoms with Crippen molar-refractivity contribution in [3.8, 4) is 0 Å². The van der Waals surface area contributed by atoms with Crippen molar-refractivity contribution in [2.75, 3.05) is 39.9 Å². The van der Waals surface area contributed by atoms with Crippen LogP contribution < -0.4 is 5.32 Å². The Morgan fingerprint density at radius 1 is 1.29 bits per heavy atom. The van der Waals surface area contributed by atoms with Gasteiger partial charge in [-0.3, -0.25) is 0 Å². The second kappa shape index (κ2) is 5.65. The minimum absolute atomic E-state index is 0.229. The third-order valence-electron chi connectivity index (χ3n) is 3.73. The summed E-state index contributed by atoms with van der Waals surface area (Å²) in [5.41, 5.74) is 0.